The summed E-state index contributed by atoms with van der Waals surface area (Å²) in [5.41, 5.74) is 13.3. The Kier molecular flexibility index (Phi) is 7.47. The van der Waals surface area contributed by atoms with E-state index in [4.69, 9.17) is 14.4 Å². The van der Waals surface area contributed by atoms with Crippen molar-refractivity contribution in [1.82, 2.24) is 9.97 Å². The number of furan rings is 1. The molecule has 3 nitrogen and oxygen atoms in total. The molecule has 0 saturated carbocycles. The predicted molar refractivity (Wildman–Crippen MR) is 219 cm³/mol. The van der Waals surface area contributed by atoms with Gasteiger partial charge in [0.2, 0.25) is 0 Å². The average molecular weight is 677 g/mol. The molecule has 53 heavy (non-hydrogen) atoms. The van der Waals surface area contributed by atoms with Crippen LogP contribution in [0.5, 0.6) is 0 Å². The number of fused-ring (bicyclic) bond motifs is 5. The Bertz CT molecular complexity index is 2930. The minimum atomic E-state index is 0.682. The molecular formula is C50H32N2O. The van der Waals surface area contributed by atoms with Gasteiger partial charge < -0.3 is 4.42 Å². The monoisotopic (exact) mass is 676 g/mol. The second-order valence-electron chi connectivity index (χ2n) is 13.4. The first kappa shape index (κ1) is 30.7. The lowest BCUT2D eigenvalue weighted by Crippen LogP contribution is -1.97. The topological polar surface area (TPSA) is 38.9 Å². The van der Waals surface area contributed by atoms with Crippen molar-refractivity contribution in [2.45, 2.75) is 0 Å². The molecule has 10 rings (SSSR count). The highest BCUT2D eigenvalue weighted by Crippen LogP contribution is 2.43. The van der Waals surface area contributed by atoms with Crippen LogP contribution in [0, 0.1) is 0 Å². The summed E-state index contributed by atoms with van der Waals surface area (Å²) in [6, 6.07) is 68.0. The van der Waals surface area contributed by atoms with Gasteiger partial charge in [-0.15, -0.1) is 0 Å². The zero-order chi connectivity index (χ0) is 35.1. The lowest BCUT2D eigenvalue weighted by Gasteiger charge is -2.15. The highest BCUT2D eigenvalue weighted by molar-refractivity contribution is 6.21. The summed E-state index contributed by atoms with van der Waals surface area (Å²) in [5, 5.41) is 4.45. The first-order valence-electron chi connectivity index (χ1n) is 17.9. The zero-order valence-corrected chi connectivity index (χ0v) is 28.8. The predicted octanol–water partition coefficient (Wildman–Crippen LogP) is 13.5. The third-order valence-electron chi connectivity index (χ3n) is 10.1. The van der Waals surface area contributed by atoms with Crippen molar-refractivity contribution in [1.29, 1.82) is 0 Å². The molecule has 2 heterocycles. The molecule has 0 atom stereocenters. The van der Waals surface area contributed by atoms with E-state index in [9.17, 15) is 0 Å². The quantitative estimate of drug-likeness (QED) is 0.176. The van der Waals surface area contributed by atoms with E-state index in [0.29, 0.717) is 5.82 Å². The van der Waals surface area contributed by atoms with E-state index >= 15 is 0 Å². The van der Waals surface area contributed by atoms with Gasteiger partial charge in [0.15, 0.2) is 5.82 Å². The summed E-state index contributed by atoms with van der Waals surface area (Å²) in [6.07, 6.45) is 0. The van der Waals surface area contributed by atoms with Crippen molar-refractivity contribution in [3.63, 3.8) is 0 Å². The molecule has 3 heteroatoms. The third kappa shape index (κ3) is 5.56. The fraction of sp³-hybridized carbons (Fsp3) is 0. The van der Waals surface area contributed by atoms with Crippen molar-refractivity contribution in [2.75, 3.05) is 0 Å². The van der Waals surface area contributed by atoms with Gasteiger partial charge in [-0.3, -0.25) is 0 Å². The van der Waals surface area contributed by atoms with Gasteiger partial charge in [-0.2, -0.15) is 0 Å². The number of aromatic nitrogens is 2. The Morgan fingerprint density at radius 3 is 1.68 bits per heavy atom. The van der Waals surface area contributed by atoms with Crippen LogP contribution in [-0.4, -0.2) is 9.97 Å². The Labute approximate surface area is 307 Å². The van der Waals surface area contributed by atoms with Crippen LogP contribution in [-0.2, 0) is 0 Å². The second kappa shape index (κ2) is 12.9. The number of para-hydroxylation sites is 1. The maximum Gasteiger partial charge on any atom is 0.160 e. The molecule has 10 aromatic rings. The summed E-state index contributed by atoms with van der Waals surface area (Å²) in [4.78, 5) is 10.5. The zero-order valence-electron chi connectivity index (χ0n) is 28.8. The maximum atomic E-state index is 6.61. The molecule has 0 bridgehead atoms. The molecule has 0 spiro atoms. The van der Waals surface area contributed by atoms with E-state index < -0.39 is 0 Å². The lowest BCUT2D eigenvalue weighted by molar-refractivity contribution is 0.673. The normalized spacial score (nSPS) is 11.4. The van der Waals surface area contributed by atoms with E-state index in [1.807, 2.05) is 24.3 Å². The van der Waals surface area contributed by atoms with Crippen LogP contribution in [0.2, 0.25) is 0 Å². The molecule has 0 saturated heterocycles. The maximum absolute atomic E-state index is 6.61. The Morgan fingerprint density at radius 1 is 0.340 bits per heavy atom. The van der Waals surface area contributed by atoms with Crippen LogP contribution >= 0.6 is 0 Å². The Hall–Kier alpha value is -7.10. The largest absolute Gasteiger partial charge is 0.455 e. The summed E-state index contributed by atoms with van der Waals surface area (Å²) >= 11 is 0. The lowest BCUT2D eigenvalue weighted by atomic mass is 9.90. The summed E-state index contributed by atoms with van der Waals surface area (Å²) in [5.74, 6) is 0.682. The molecule has 0 aliphatic rings. The fourth-order valence-electron chi connectivity index (χ4n) is 7.54. The van der Waals surface area contributed by atoms with Gasteiger partial charge in [0.05, 0.1) is 11.4 Å². The van der Waals surface area contributed by atoms with Gasteiger partial charge in [-0.25, -0.2) is 9.97 Å². The van der Waals surface area contributed by atoms with E-state index in [-0.39, 0.29) is 0 Å². The third-order valence-corrected chi connectivity index (χ3v) is 10.1. The summed E-state index contributed by atoms with van der Waals surface area (Å²) in [6.45, 7) is 0. The van der Waals surface area contributed by atoms with Gasteiger partial charge in [-0.1, -0.05) is 158 Å². The van der Waals surface area contributed by atoms with Crippen molar-refractivity contribution in [3.05, 3.63) is 194 Å². The first-order valence-corrected chi connectivity index (χ1v) is 17.9. The molecule has 0 amide bonds. The van der Waals surface area contributed by atoms with E-state index in [2.05, 4.69) is 170 Å². The molecule has 0 aliphatic heterocycles. The van der Waals surface area contributed by atoms with Crippen LogP contribution in [0.25, 0.3) is 100.0 Å². The standard InChI is InChI=1S/C50H32N2O/c1-4-16-33(17-5-1)37-28-38(44-31-36-22-10-11-24-41(36)49-48(44)43-26-14-15-27-47(43)53-49)30-39(29-37)45-32-46(52-50(51-45)35-20-8-3-9-21-35)42-25-13-12-23-40(42)34-18-6-2-7-19-34/h1-32H. The Balaban J connectivity index is 1.26. The van der Waals surface area contributed by atoms with Crippen molar-refractivity contribution in [3.8, 4) is 67.3 Å². The Morgan fingerprint density at radius 2 is 0.906 bits per heavy atom. The van der Waals surface area contributed by atoms with Gasteiger partial charge in [-0.05, 0) is 75.2 Å². The van der Waals surface area contributed by atoms with E-state index in [1.165, 1.54) is 0 Å². The molecule has 0 unspecified atom stereocenters. The minimum Gasteiger partial charge on any atom is -0.455 e. The molecule has 2 aromatic heterocycles. The number of rotatable bonds is 6. The highest BCUT2D eigenvalue weighted by atomic mass is 16.3. The molecule has 0 aliphatic carbocycles. The number of benzene rings is 8. The van der Waals surface area contributed by atoms with Crippen LogP contribution in [0.3, 0.4) is 0 Å². The van der Waals surface area contributed by atoms with Gasteiger partial charge >= 0.3 is 0 Å². The highest BCUT2D eigenvalue weighted by Gasteiger charge is 2.19. The summed E-state index contributed by atoms with van der Waals surface area (Å²) < 4.78 is 6.61. The van der Waals surface area contributed by atoms with Gasteiger partial charge in [0.1, 0.15) is 11.2 Å². The molecule has 0 N–H and O–H groups in total. The fourth-order valence-corrected chi connectivity index (χ4v) is 7.54. The number of hydrogen-bond acceptors (Lipinski definition) is 3. The van der Waals surface area contributed by atoms with Gasteiger partial charge in [0, 0.05) is 32.8 Å². The molecule has 0 fully saturated rings. The van der Waals surface area contributed by atoms with Crippen molar-refractivity contribution in [2.24, 2.45) is 0 Å². The summed E-state index contributed by atoms with van der Waals surface area (Å²) in [7, 11) is 0. The van der Waals surface area contributed by atoms with E-state index in [0.717, 1.165) is 94.2 Å². The smallest absolute Gasteiger partial charge is 0.160 e. The van der Waals surface area contributed by atoms with E-state index in [1.54, 1.807) is 0 Å². The van der Waals surface area contributed by atoms with Crippen LogP contribution < -0.4 is 0 Å². The molecule has 0 radical (unpaired) electrons. The number of hydrogen-bond donors (Lipinski definition) is 0. The number of nitrogens with zero attached hydrogens (tertiary/aromatic N) is 2. The molecule has 8 aromatic carbocycles. The van der Waals surface area contributed by atoms with Crippen LogP contribution in [0.4, 0.5) is 0 Å². The second-order valence-corrected chi connectivity index (χ2v) is 13.4. The van der Waals surface area contributed by atoms with Crippen molar-refractivity contribution < 1.29 is 4.42 Å². The van der Waals surface area contributed by atoms with Crippen LogP contribution in [0.15, 0.2) is 199 Å². The van der Waals surface area contributed by atoms with Crippen molar-refractivity contribution >= 4 is 32.7 Å². The SMILES string of the molecule is c1ccc(-c2cc(-c3cc(-c4ccccc4-c4ccccc4)nc(-c4ccccc4)n3)cc(-c3cc4ccccc4c4oc5ccccc5c34)c2)cc1. The average Bonchev–Trinajstić information content (AvgIpc) is 3.64. The minimum absolute atomic E-state index is 0.682. The van der Waals surface area contributed by atoms with Gasteiger partial charge in [0.25, 0.3) is 0 Å². The van der Waals surface area contributed by atoms with Crippen LogP contribution in [0.1, 0.15) is 0 Å². The first-order chi connectivity index (χ1) is 26.3. The molecular weight excluding hydrogens is 645 g/mol. The molecule has 248 valence electrons.